The van der Waals surface area contributed by atoms with Crippen LogP contribution in [0.15, 0.2) is 11.6 Å². The molecule has 140 valence electrons. The van der Waals surface area contributed by atoms with Crippen LogP contribution in [0.25, 0.3) is 0 Å². The molecule has 0 saturated carbocycles. The van der Waals surface area contributed by atoms with E-state index in [0.717, 1.165) is 44.4 Å². The molecule has 2 saturated heterocycles. The maximum atomic E-state index is 13.3. The lowest BCUT2D eigenvalue weighted by atomic mass is 9.98. The second-order valence-electron chi connectivity index (χ2n) is 7.53. The van der Waals surface area contributed by atoms with Gasteiger partial charge in [0.15, 0.2) is 5.13 Å². The minimum atomic E-state index is -0.0554. The molecule has 2 fully saturated rings. The summed E-state index contributed by atoms with van der Waals surface area (Å²) in [5.41, 5.74) is 0. The number of hydrogen-bond donors (Lipinski definition) is 0. The first kappa shape index (κ1) is 18.6. The number of amides is 1. The highest BCUT2D eigenvalue weighted by atomic mass is 32.1. The topological polar surface area (TPSA) is 48.9 Å². The van der Waals surface area contributed by atoms with Gasteiger partial charge in [0.2, 0.25) is 5.91 Å². The molecular weight excluding hydrogens is 336 g/mol. The first-order valence-corrected chi connectivity index (χ1v) is 10.2. The van der Waals surface area contributed by atoms with Crippen molar-refractivity contribution in [3.63, 3.8) is 0 Å². The molecule has 1 amide bonds. The summed E-state index contributed by atoms with van der Waals surface area (Å²) in [6, 6.07) is -0.0554. The molecule has 3 atom stereocenters. The van der Waals surface area contributed by atoms with E-state index in [1.54, 1.807) is 11.3 Å². The number of aromatic nitrogens is 1. The number of morpholine rings is 1. The monoisotopic (exact) mass is 366 g/mol. The van der Waals surface area contributed by atoms with Crippen LogP contribution >= 0.6 is 11.3 Å². The molecule has 0 radical (unpaired) electrons. The van der Waals surface area contributed by atoms with Crippen molar-refractivity contribution in [2.24, 2.45) is 5.92 Å². The molecular formula is C18H30N4O2S. The summed E-state index contributed by atoms with van der Waals surface area (Å²) in [5.74, 6) is 0.567. The van der Waals surface area contributed by atoms with E-state index in [9.17, 15) is 4.79 Å². The van der Waals surface area contributed by atoms with Gasteiger partial charge in [0.25, 0.3) is 0 Å². The second kappa shape index (κ2) is 8.01. The lowest BCUT2D eigenvalue weighted by Gasteiger charge is -2.44. The van der Waals surface area contributed by atoms with Gasteiger partial charge in [0, 0.05) is 50.8 Å². The number of carbonyl (C=O) groups is 1. The van der Waals surface area contributed by atoms with Crippen molar-refractivity contribution < 1.29 is 9.53 Å². The van der Waals surface area contributed by atoms with Gasteiger partial charge in [0.05, 0.1) is 18.2 Å². The Morgan fingerprint density at radius 1 is 1.20 bits per heavy atom. The zero-order valence-corrected chi connectivity index (χ0v) is 16.5. The van der Waals surface area contributed by atoms with Crippen molar-refractivity contribution in [1.29, 1.82) is 0 Å². The summed E-state index contributed by atoms with van der Waals surface area (Å²) in [6.07, 6.45) is 2.20. The molecule has 3 rings (SSSR count). The van der Waals surface area contributed by atoms with E-state index in [1.807, 2.05) is 16.5 Å². The fraction of sp³-hybridized carbons (Fsp3) is 0.778. The van der Waals surface area contributed by atoms with Crippen molar-refractivity contribution >= 4 is 22.4 Å². The van der Waals surface area contributed by atoms with Crippen molar-refractivity contribution in [2.45, 2.75) is 45.9 Å². The number of hydrogen-bond acceptors (Lipinski definition) is 6. The Kier molecular flexibility index (Phi) is 5.96. The van der Waals surface area contributed by atoms with Crippen LogP contribution in [-0.2, 0) is 9.53 Å². The smallest absolute Gasteiger partial charge is 0.240 e. The van der Waals surface area contributed by atoms with Gasteiger partial charge in [0.1, 0.15) is 0 Å². The largest absolute Gasteiger partial charge is 0.373 e. The molecule has 3 heterocycles. The Labute approximate surface area is 154 Å². The lowest BCUT2D eigenvalue weighted by molar-refractivity contribution is -0.145. The maximum Gasteiger partial charge on any atom is 0.240 e. The van der Waals surface area contributed by atoms with Crippen LogP contribution in [0.1, 0.15) is 27.7 Å². The third kappa shape index (κ3) is 4.33. The zero-order valence-electron chi connectivity index (χ0n) is 15.7. The lowest BCUT2D eigenvalue weighted by Crippen LogP contribution is -2.60. The molecule has 0 bridgehead atoms. The number of piperazine rings is 1. The predicted octanol–water partition coefficient (Wildman–Crippen LogP) is 1.93. The Hall–Kier alpha value is -1.18. The van der Waals surface area contributed by atoms with Crippen LogP contribution in [0.4, 0.5) is 5.13 Å². The zero-order chi connectivity index (χ0) is 18.0. The third-order valence-electron chi connectivity index (χ3n) is 5.01. The molecule has 0 aliphatic carbocycles. The van der Waals surface area contributed by atoms with E-state index in [2.05, 4.69) is 42.5 Å². The summed E-state index contributed by atoms with van der Waals surface area (Å²) in [5, 5.41) is 3.06. The SMILES string of the molecule is CC1CN(C(C(=O)N2CCN(c3nccs3)CC2)C(C)C)CC(C)O1. The Bertz CT molecular complexity index is 547. The number of carbonyl (C=O) groups excluding carboxylic acids is 1. The van der Waals surface area contributed by atoms with E-state index >= 15 is 0 Å². The van der Waals surface area contributed by atoms with Gasteiger partial charge in [-0.05, 0) is 19.8 Å². The highest BCUT2D eigenvalue weighted by Gasteiger charge is 2.37. The average Bonchev–Trinajstić information content (AvgIpc) is 3.08. The van der Waals surface area contributed by atoms with Crippen molar-refractivity contribution in [2.75, 3.05) is 44.2 Å². The number of rotatable bonds is 4. The van der Waals surface area contributed by atoms with E-state index < -0.39 is 0 Å². The number of thiazole rings is 1. The van der Waals surface area contributed by atoms with Crippen LogP contribution in [0.2, 0.25) is 0 Å². The molecule has 1 aromatic rings. The maximum absolute atomic E-state index is 13.3. The van der Waals surface area contributed by atoms with E-state index in [1.165, 1.54) is 0 Å². The molecule has 0 N–H and O–H groups in total. The molecule has 2 aliphatic heterocycles. The van der Waals surface area contributed by atoms with Gasteiger partial charge in [-0.3, -0.25) is 9.69 Å². The molecule has 0 spiro atoms. The van der Waals surface area contributed by atoms with E-state index in [0.29, 0.717) is 5.92 Å². The fourth-order valence-electron chi connectivity index (χ4n) is 3.99. The Balaban J connectivity index is 1.63. The van der Waals surface area contributed by atoms with Crippen LogP contribution in [0.3, 0.4) is 0 Å². The first-order chi connectivity index (χ1) is 12.0. The molecule has 0 aromatic carbocycles. The molecule has 6 nitrogen and oxygen atoms in total. The fourth-order valence-corrected chi connectivity index (χ4v) is 4.68. The van der Waals surface area contributed by atoms with Gasteiger partial charge in [-0.2, -0.15) is 0 Å². The van der Waals surface area contributed by atoms with Crippen LogP contribution < -0.4 is 4.90 Å². The summed E-state index contributed by atoms with van der Waals surface area (Å²) in [7, 11) is 0. The van der Waals surface area contributed by atoms with Gasteiger partial charge >= 0.3 is 0 Å². The minimum Gasteiger partial charge on any atom is -0.373 e. The van der Waals surface area contributed by atoms with Crippen LogP contribution in [0.5, 0.6) is 0 Å². The third-order valence-corrected chi connectivity index (χ3v) is 5.84. The molecule has 2 aliphatic rings. The number of anilines is 1. The standard InChI is InChI=1S/C18H30N4O2S/c1-13(2)16(22-11-14(3)24-15(4)12-22)17(23)20-6-8-21(9-7-20)18-19-5-10-25-18/h5,10,13-16H,6-9,11-12H2,1-4H3. The Morgan fingerprint density at radius 2 is 1.84 bits per heavy atom. The normalized spacial score (nSPS) is 26.9. The molecule has 25 heavy (non-hydrogen) atoms. The highest BCUT2D eigenvalue weighted by Crippen LogP contribution is 2.23. The number of ether oxygens (including phenoxy) is 1. The van der Waals surface area contributed by atoms with Crippen molar-refractivity contribution in [3.05, 3.63) is 11.6 Å². The summed E-state index contributed by atoms with van der Waals surface area (Å²) in [4.78, 5) is 24.3. The Morgan fingerprint density at radius 3 is 2.36 bits per heavy atom. The minimum absolute atomic E-state index is 0.0554. The van der Waals surface area contributed by atoms with Gasteiger partial charge in [-0.25, -0.2) is 4.98 Å². The quantitative estimate of drug-likeness (QED) is 0.815. The predicted molar refractivity (Wildman–Crippen MR) is 101 cm³/mol. The number of nitrogens with zero attached hydrogens (tertiary/aromatic N) is 4. The van der Waals surface area contributed by atoms with Gasteiger partial charge < -0.3 is 14.5 Å². The average molecular weight is 367 g/mol. The molecule has 1 aromatic heterocycles. The van der Waals surface area contributed by atoms with E-state index in [-0.39, 0.29) is 24.2 Å². The van der Waals surface area contributed by atoms with Crippen molar-refractivity contribution in [1.82, 2.24) is 14.8 Å². The summed E-state index contributed by atoms with van der Waals surface area (Å²) < 4.78 is 5.85. The van der Waals surface area contributed by atoms with Gasteiger partial charge in [-0.15, -0.1) is 11.3 Å². The highest BCUT2D eigenvalue weighted by molar-refractivity contribution is 7.13. The summed E-state index contributed by atoms with van der Waals surface area (Å²) >= 11 is 1.66. The summed E-state index contributed by atoms with van der Waals surface area (Å²) in [6.45, 7) is 13.4. The van der Waals surface area contributed by atoms with Crippen LogP contribution in [0, 0.1) is 5.92 Å². The van der Waals surface area contributed by atoms with Gasteiger partial charge in [-0.1, -0.05) is 13.8 Å². The van der Waals surface area contributed by atoms with E-state index in [4.69, 9.17) is 4.74 Å². The van der Waals surface area contributed by atoms with Crippen molar-refractivity contribution in [3.8, 4) is 0 Å². The second-order valence-corrected chi connectivity index (χ2v) is 8.40. The van der Waals surface area contributed by atoms with Crippen LogP contribution in [-0.4, -0.2) is 78.2 Å². The first-order valence-electron chi connectivity index (χ1n) is 9.28. The molecule has 3 unspecified atom stereocenters. The molecule has 7 heteroatoms.